The number of aryl methyl sites for hydroxylation is 2. The van der Waals surface area contributed by atoms with Crippen LogP contribution >= 0.6 is 11.6 Å². The molecule has 0 bridgehead atoms. The lowest BCUT2D eigenvalue weighted by Gasteiger charge is -2.24. The Labute approximate surface area is 129 Å². The fourth-order valence-corrected chi connectivity index (χ4v) is 4.27. The Morgan fingerprint density at radius 3 is 2.81 bits per heavy atom. The van der Waals surface area contributed by atoms with Gasteiger partial charge >= 0.3 is 0 Å². The molecule has 5 nitrogen and oxygen atoms in total. The molecule has 2 heterocycles. The predicted octanol–water partition coefficient (Wildman–Crippen LogP) is 2.61. The minimum absolute atomic E-state index is 0.206. The second kappa shape index (κ2) is 5.35. The lowest BCUT2D eigenvalue weighted by Crippen LogP contribution is -2.31. The van der Waals surface area contributed by atoms with Crippen LogP contribution in [0.2, 0.25) is 5.02 Å². The van der Waals surface area contributed by atoms with Crippen molar-refractivity contribution >= 4 is 27.3 Å². The quantitative estimate of drug-likeness (QED) is 0.853. The summed E-state index contributed by atoms with van der Waals surface area (Å²) in [5, 5.41) is 4.50. The van der Waals surface area contributed by atoms with Crippen LogP contribution in [-0.4, -0.2) is 24.7 Å². The van der Waals surface area contributed by atoms with Gasteiger partial charge in [0.15, 0.2) is 0 Å². The molecule has 112 valence electrons. The van der Waals surface area contributed by atoms with Crippen LogP contribution in [0, 0.1) is 0 Å². The number of nitrogens with zero attached hydrogens (tertiary/aromatic N) is 3. The SMILES string of the molecule is Cn1cc(S(=O)(=O)N2CCCCc3ccc(Cl)cc32)cn1. The Hall–Kier alpha value is -1.53. The Kier molecular flexibility index (Phi) is 3.67. The normalized spacial score (nSPS) is 15.6. The van der Waals surface area contributed by atoms with E-state index < -0.39 is 10.0 Å². The Morgan fingerprint density at radius 1 is 1.29 bits per heavy atom. The van der Waals surface area contributed by atoms with E-state index in [-0.39, 0.29) is 4.90 Å². The maximum Gasteiger partial charge on any atom is 0.267 e. The lowest BCUT2D eigenvalue weighted by atomic mass is 10.1. The van der Waals surface area contributed by atoms with Crippen molar-refractivity contribution in [2.24, 2.45) is 7.05 Å². The largest absolute Gasteiger partial charge is 0.274 e. The minimum atomic E-state index is -3.60. The van der Waals surface area contributed by atoms with Crippen molar-refractivity contribution in [1.29, 1.82) is 0 Å². The van der Waals surface area contributed by atoms with Gasteiger partial charge in [0.25, 0.3) is 10.0 Å². The van der Waals surface area contributed by atoms with Gasteiger partial charge in [0.1, 0.15) is 4.90 Å². The van der Waals surface area contributed by atoms with E-state index in [1.165, 1.54) is 21.4 Å². The number of hydrogen-bond donors (Lipinski definition) is 0. The van der Waals surface area contributed by atoms with Crippen LogP contribution in [0.4, 0.5) is 5.69 Å². The van der Waals surface area contributed by atoms with Gasteiger partial charge < -0.3 is 0 Å². The summed E-state index contributed by atoms with van der Waals surface area (Å²) in [6, 6.07) is 5.45. The fourth-order valence-electron chi connectivity index (χ4n) is 2.58. The van der Waals surface area contributed by atoms with Gasteiger partial charge in [-0.05, 0) is 37.0 Å². The molecule has 1 aliphatic heterocycles. The van der Waals surface area contributed by atoms with Crippen molar-refractivity contribution in [3.8, 4) is 0 Å². The van der Waals surface area contributed by atoms with Crippen molar-refractivity contribution < 1.29 is 8.42 Å². The highest BCUT2D eigenvalue weighted by Gasteiger charge is 2.29. The third-order valence-corrected chi connectivity index (χ3v) is 5.64. The molecule has 0 spiro atoms. The Bertz CT molecular complexity index is 770. The number of rotatable bonds is 2. The molecule has 3 rings (SSSR count). The molecular formula is C14H16ClN3O2S. The molecule has 0 unspecified atom stereocenters. The lowest BCUT2D eigenvalue weighted by molar-refractivity contribution is 0.589. The van der Waals surface area contributed by atoms with E-state index in [0.717, 1.165) is 24.8 Å². The van der Waals surface area contributed by atoms with Gasteiger partial charge in [0.05, 0.1) is 11.9 Å². The highest BCUT2D eigenvalue weighted by molar-refractivity contribution is 7.92. The highest BCUT2D eigenvalue weighted by atomic mass is 35.5. The van der Waals surface area contributed by atoms with Crippen LogP contribution in [-0.2, 0) is 23.5 Å². The van der Waals surface area contributed by atoms with E-state index in [1.54, 1.807) is 19.2 Å². The van der Waals surface area contributed by atoms with Gasteiger partial charge in [0, 0.05) is 24.8 Å². The first kappa shape index (κ1) is 14.4. The summed E-state index contributed by atoms with van der Waals surface area (Å²) in [5.41, 5.74) is 1.70. The molecular weight excluding hydrogens is 310 g/mol. The van der Waals surface area contributed by atoms with Gasteiger partial charge in [-0.1, -0.05) is 17.7 Å². The summed E-state index contributed by atoms with van der Waals surface area (Å²) in [6.45, 7) is 0.463. The number of sulfonamides is 1. The monoisotopic (exact) mass is 325 g/mol. The summed E-state index contributed by atoms with van der Waals surface area (Å²) in [7, 11) is -1.90. The zero-order chi connectivity index (χ0) is 15.0. The van der Waals surface area contributed by atoms with Gasteiger partial charge in [-0.15, -0.1) is 0 Å². The summed E-state index contributed by atoms with van der Waals surface area (Å²) in [5.74, 6) is 0. The molecule has 0 atom stereocenters. The van der Waals surface area contributed by atoms with E-state index in [4.69, 9.17) is 11.6 Å². The summed E-state index contributed by atoms with van der Waals surface area (Å²) in [6.07, 6.45) is 5.56. The van der Waals surface area contributed by atoms with Crippen LogP contribution in [0.5, 0.6) is 0 Å². The van der Waals surface area contributed by atoms with Crippen LogP contribution in [0.25, 0.3) is 0 Å². The highest BCUT2D eigenvalue weighted by Crippen LogP contribution is 2.33. The molecule has 0 saturated heterocycles. The second-order valence-electron chi connectivity index (χ2n) is 5.16. The molecule has 1 aromatic carbocycles. The smallest absolute Gasteiger partial charge is 0.267 e. The van der Waals surface area contributed by atoms with E-state index >= 15 is 0 Å². The summed E-state index contributed by atoms with van der Waals surface area (Å²) >= 11 is 6.06. The molecule has 0 aliphatic carbocycles. The third-order valence-electron chi connectivity index (χ3n) is 3.64. The minimum Gasteiger partial charge on any atom is -0.274 e. The maximum atomic E-state index is 12.9. The standard InChI is InChI=1S/C14H16ClN3O2S/c1-17-10-13(9-16-17)21(19,20)18-7-3-2-4-11-5-6-12(15)8-14(11)18/h5-6,8-10H,2-4,7H2,1H3. The van der Waals surface area contributed by atoms with Crippen LogP contribution in [0.1, 0.15) is 18.4 Å². The first-order valence-corrected chi connectivity index (χ1v) is 8.60. The molecule has 0 saturated carbocycles. The van der Waals surface area contributed by atoms with Crippen LogP contribution < -0.4 is 4.31 Å². The number of fused-ring (bicyclic) bond motifs is 1. The predicted molar refractivity (Wildman–Crippen MR) is 82.1 cm³/mol. The second-order valence-corrected chi connectivity index (χ2v) is 7.46. The number of anilines is 1. The van der Waals surface area contributed by atoms with Crippen molar-refractivity contribution in [1.82, 2.24) is 9.78 Å². The average molecular weight is 326 g/mol. The summed E-state index contributed by atoms with van der Waals surface area (Å²) < 4.78 is 28.7. The van der Waals surface area contributed by atoms with E-state index in [1.807, 2.05) is 6.07 Å². The van der Waals surface area contributed by atoms with Crippen molar-refractivity contribution in [2.75, 3.05) is 10.8 Å². The number of aromatic nitrogens is 2. The number of hydrogen-bond acceptors (Lipinski definition) is 3. The van der Waals surface area contributed by atoms with E-state index in [2.05, 4.69) is 5.10 Å². The topological polar surface area (TPSA) is 55.2 Å². The van der Waals surface area contributed by atoms with Crippen LogP contribution in [0.3, 0.4) is 0 Å². The molecule has 1 aromatic heterocycles. The molecule has 0 amide bonds. The molecule has 0 N–H and O–H groups in total. The van der Waals surface area contributed by atoms with Gasteiger partial charge in [-0.3, -0.25) is 8.99 Å². The Morgan fingerprint density at radius 2 is 2.10 bits per heavy atom. The van der Waals surface area contributed by atoms with Crippen molar-refractivity contribution in [3.05, 3.63) is 41.2 Å². The zero-order valence-electron chi connectivity index (χ0n) is 11.7. The van der Waals surface area contributed by atoms with Gasteiger partial charge in [-0.2, -0.15) is 5.10 Å². The number of benzene rings is 1. The fraction of sp³-hybridized carbons (Fsp3) is 0.357. The zero-order valence-corrected chi connectivity index (χ0v) is 13.2. The van der Waals surface area contributed by atoms with E-state index in [0.29, 0.717) is 17.3 Å². The Balaban J connectivity index is 2.12. The van der Waals surface area contributed by atoms with Crippen LogP contribution in [0.15, 0.2) is 35.5 Å². The molecule has 0 fully saturated rings. The summed E-state index contributed by atoms with van der Waals surface area (Å²) in [4.78, 5) is 0.206. The van der Waals surface area contributed by atoms with E-state index in [9.17, 15) is 8.42 Å². The molecule has 2 aromatic rings. The van der Waals surface area contributed by atoms with Gasteiger partial charge in [0.2, 0.25) is 0 Å². The molecule has 1 aliphatic rings. The molecule has 21 heavy (non-hydrogen) atoms. The average Bonchev–Trinajstić information content (AvgIpc) is 2.76. The van der Waals surface area contributed by atoms with Gasteiger partial charge in [-0.25, -0.2) is 8.42 Å². The molecule has 0 radical (unpaired) electrons. The maximum absolute atomic E-state index is 12.9. The van der Waals surface area contributed by atoms with Crippen molar-refractivity contribution in [3.63, 3.8) is 0 Å². The first-order valence-electron chi connectivity index (χ1n) is 6.78. The third kappa shape index (κ3) is 2.65. The number of halogens is 1. The molecule has 7 heteroatoms. The van der Waals surface area contributed by atoms with Crippen molar-refractivity contribution in [2.45, 2.75) is 24.2 Å². The first-order chi connectivity index (χ1) is 9.98.